The van der Waals surface area contributed by atoms with Crippen LogP contribution in [0.25, 0.3) is 0 Å². The number of aryl methyl sites for hydroxylation is 1. The first-order valence-electron chi connectivity index (χ1n) is 6.26. The van der Waals surface area contributed by atoms with E-state index in [0.717, 1.165) is 28.7 Å². The second kappa shape index (κ2) is 6.85. The normalized spacial score (nSPS) is 10.4. The molecule has 0 amide bonds. The number of aromatic nitrogens is 3. The van der Waals surface area contributed by atoms with Crippen LogP contribution in [-0.2, 0) is 0 Å². The summed E-state index contributed by atoms with van der Waals surface area (Å²) >= 11 is 9.36. The summed E-state index contributed by atoms with van der Waals surface area (Å²) in [7, 11) is 0. The fraction of sp³-hybridized carbons (Fsp3) is 0.308. The van der Waals surface area contributed by atoms with E-state index in [1.54, 1.807) is 0 Å². The van der Waals surface area contributed by atoms with Gasteiger partial charge in [0.25, 0.3) is 0 Å². The van der Waals surface area contributed by atoms with E-state index < -0.39 is 0 Å². The lowest BCUT2D eigenvalue weighted by molar-refractivity contribution is 0.940. The van der Waals surface area contributed by atoms with E-state index in [2.05, 4.69) is 48.4 Å². The van der Waals surface area contributed by atoms with Crippen LogP contribution in [0.2, 0.25) is 5.28 Å². The number of halogens is 2. The van der Waals surface area contributed by atoms with Crippen molar-refractivity contribution in [2.45, 2.75) is 20.3 Å². The SMILES string of the molecule is CCCNc1nc(Cl)nc(Nc2cc(C)cc(Br)c2)n1. The maximum atomic E-state index is 5.91. The molecule has 0 bridgehead atoms. The number of benzene rings is 1. The highest BCUT2D eigenvalue weighted by molar-refractivity contribution is 9.10. The van der Waals surface area contributed by atoms with Gasteiger partial charge >= 0.3 is 0 Å². The van der Waals surface area contributed by atoms with Crippen LogP contribution in [0.15, 0.2) is 22.7 Å². The molecule has 7 heteroatoms. The van der Waals surface area contributed by atoms with Crippen LogP contribution < -0.4 is 10.6 Å². The molecule has 0 aliphatic heterocycles. The Labute approximate surface area is 131 Å². The molecular weight excluding hydrogens is 342 g/mol. The van der Waals surface area contributed by atoms with Gasteiger partial charge in [0.05, 0.1) is 0 Å². The summed E-state index contributed by atoms with van der Waals surface area (Å²) in [5, 5.41) is 6.37. The number of rotatable bonds is 5. The van der Waals surface area contributed by atoms with Gasteiger partial charge < -0.3 is 10.6 Å². The van der Waals surface area contributed by atoms with Crippen molar-refractivity contribution >= 4 is 45.1 Å². The molecule has 0 radical (unpaired) electrons. The van der Waals surface area contributed by atoms with E-state index in [9.17, 15) is 0 Å². The van der Waals surface area contributed by atoms with Crippen molar-refractivity contribution in [3.8, 4) is 0 Å². The third kappa shape index (κ3) is 4.31. The van der Waals surface area contributed by atoms with Crippen molar-refractivity contribution in [1.29, 1.82) is 0 Å². The number of nitrogens with one attached hydrogen (secondary N) is 2. The predicted octanol–water partition coefficient (Wildman–Crippen LogP) is 4.16. The zero-order valence-electron chi connectivity index (χ0n) is 11.2. The molecule has 0 fully saturated rings. The molecule has 106 valence electrons. The minimum Gasteiger partial charge on any atom is -0.354 e. The Kier molecular flexibility index (Phi) is 5.14. The molecule has 0 atom stereocenters. The Hall–Kier alpha value is -1.40. The largest absolute Gasteiger partial charge is 0.354 e. The summed E-state index contributed by atoms with van der Waals surface area (Å²) in [6.07, 6.45) is 0.983. The Morgan fingerprint density at radius 3 is 2.60 bits per heavy atom. The standard InChI is InChI=1S/C13H15BrClN5/c1-3-4-16-12-18-11(15)19-13(20-12)17-10-6-8(2)5-9(14)7-10/h5-7H,3-4H2,1-2H3,(H2,16,17,18,19,20). The molecule has 1 aromatic heterocycles. The van der Waals surface area contributed by atoms with Crippen LogP contribution in [0.4, 0.5) is 17.6 Å². The van der Waals surface area contributed by atoms with Crippen LogP contribution >= 0.6 is 27.5 Å². The highest BCUT2D eigenvalue weighted by atomic mass is 79.9. The average molecular weight is 357 g/mol. The van der Waals surface area contributed by atoms with E-state index in [1.807, 2.05) is 25.1 Å². The fourth-order valence-electron chi connectivity index (χ4n) is 1.66. The van der Waals surface area contributed by atoms with Gasteiger partial charge in [0.1, 0.15) is 0 Å². The van der Waals surface area contributed by atoms with Crippen LogP contribution in [0.3, 0.4) is 0 Å². The smallest absolute Gasteiger partial charge is 0.233 e. The van der Waals surface area contributed by atoms with Crippen molar-refractivity contribution < 1.29 is 0 Å². The molecule has 20 heavy (non-hydrogen) atoms. The van der Waals surface area contributed by atoms with E-state index in [0.29, 0.717) is 11.9 Å². The molecule has 1 aromatic carbocycles. The van der Waals surface area contributed by atoms with E-state index in [-0.39, 0.29) is 5.28 Å². The fourth-order valence-corrected chi connectivity index (χ4v) is 2.43. The van der Waals surface area contributed by atoms with Gasteiger partial charge in [0.15, 0.2) is 0 Å². The van der Waals surface area contributed by atoms with E-state index in [1.165, 1.54) is 0 Å². The van der Waals surface area contributed by atoms with Crippen molar-refractivity contribution in [2.24, 2.45) is 0 Å². The minimum absolute atomic E-state index is 0.160. The van der Waals surface area contributed by atoms with Crippen molar-refractivity contribution in [3.63, 3.8) is 0 Å². The lowest BCUT2D eigenvalue weighted by atomic mass is 10.2. The zero-order chi connectivity index (χ0) is 14.5. The predicted molar refractivity (Wildman–Crippen MR) is 85.8 cm³/mol. The molecule has 0 aliphatic carbocycles. The number of nitrogens with zero attached hydrogens (tertiary/aromatic N) is 3. The van der Waals surface area contributed by atoms with Crippen LogP contribution in [-0.4, -0.2) is 21.5 Å². The molecule has 0 unspecified atom stereocenters. The lowest BCUT2D eigenvalue weighted by Gasteiger charge is -2.09. The van der Waals surface area contributed by atoms with E-state index >= 15 is 0 Å². The summed E-state index contributed by atoms with van der Waals surface area (Å²) in [6, 6.07) is 5.98. The van der Waals surface area contributed by atoms with Crippen LogP contribution in [0.5, 0.6) is 0 Å². The van der Waals surface area contributed by atoms with Crippen LogP contribution in [0.1, 0.15) is 18.9 Å². The van der Waals surface area contributed by atoms with Gasteiger partial charge in [-0.3, -0.25) is 0 Å². The number of hydrogen-bond donors (Lipinski definition) is 2. The van der Waals surface area contributed by atoms with Gasteiger partial charge in [-0.25, -0.2) is 0 Å². The van der Waals surface area contributed by atoms with Crippen LogP contribution in [0, 0.1) is 6.92 Å². The first kappa shape index (κ1) is 15.0. The molecular formula is C13H15BrClN5. The van der Waals surface area contributed by atoms with Crippen molar-refractivity contribution in [1.82, 2.24) is 15.0 Å². The summed E-state index contributed by atoms with van der Waals surface area (Å²) in [4.78, 5) is 12.4. The first-order chi connectivity index (χ1) is 9.56. The maximum absolute atomic E-state index is 5.91. The third-order valence-electron chi connectivity index (χ3n) is 2.44. The zero-order valence-corrected chi connectivity index (χ0v) is 13.6. The van der Waals surface area contributed by atoms with Gasteiger partial charge in [-0.2, -0.15) is 15.0 Å². The average Bonchev–Trinajstić information content (AvgIpc) is 2.34. The highest BCUT2D eigenvalue weighted by Gasteiger charge is 2.05. The quantitative estimate of drug-likeness (QED) is 0.842. The second-order valence-electron chi connectivity index (χ2n) is 4.32. The molecule has 0 aliphatic rings. The van der Waals surface area contributed by atoms with E-state index in [4.69, 9.17) is 11.6 Å². The molecule has 5 nitrogen and oxygen atoms in total. The number of anilines is 3. The Bertz CT molecular complexity index is 585. The van der Waals surface area contributed by atoms with Gasteiger partial charge in [-0.05, 0) is 48.7 Å². The first-order valence-corrected chi connectivity index (χ1v) is 7.43. The van der Waals surface area contributed by atoms with Crippen molar-refractivity contribution in [2.75, 3.05) is 17.2 Å². The third-order valence-corrected chi connectivity index (χ3v) is 3.07. The van der Waals surface area contributed by atoms with Gasteiger partial charge in [0.2, 0.25) is 17.2 Å². The maximum Gasteiger partial charge on any atom is 0.233 e. The lowest BCUT2D eigenvalue weighted by Crippen LogP contribution is -2.07. The summed E-state index contributed by atoms with van der Waals surface area (Å²) in [6.45, 7) is 4.87. The topological polar surface area (TPSA) is 62.7 Å². The Morgan fingerprint density at radius 2 is 1.90 bits per heavy atom. The molecule has 0 saturated carbocycles. The molecule has 2 rings (SSSR count). The second-order valence-corrected chi connectivity index (χ2v) is 5.57. The molecule has 1 heterocycles. The molecule has 0 saturated heterocycles. The minimum atomic E-state index is 0.160. The molecule has 0 spiro atoms. The monoisotopic (exact) mass is 355 g/mol. The highest BCUT2D eigenvalue weighted by Crippen LogP contribution is 2.22. The van der Waals surface area contributed by atoms with Gasteiger partial charge in [-0.1, -0.05) is 22.9 Å². The molecule has 2 aromatic rings. The summed E-state index contributed by atoms with van der Waals surface area (Å²) in [5.74, 6) is 0.891. The summed E-state index contributed by atoms with van der Waals surface area (Å²) in [5.41, 5.74) is 2.02. The Morgan fingerprint density at radius 1 is 1.15 bits per heavy atom. The molecule has 2 N–H and O–H groups in total. The van der Waals surface area contributed by atoms with Gasteiger partial charge in [0, 0.05) is 16.7 Å². The van der Waals surface area contributed by atoms with Gasteiger partial charge in [-0.15, -0.1) is 0 Å². The number of hydrogen-bond acceptors (Lipinski definition) is 5. The Balaban J connectivity index is 2.21. The van der Waals surface area contributed by atoms with Crippen molar-refractivity contribution in [3.05, 3.63) is 33.5 Å². The summed E-state index contributed by atoms with van der Waals surface area (Å²) < 4.78 is 0.990.